The van der Waals surface area contributed by atoms with Crippen LogP contribution in [0, 0.1) is 5.92 Å². The normalized spacial score (nSPS) is 16.4. The number of nitrogens with one attached hydrogen (secondary N) is 1. The molecule has 0 aromatic heterocycles. The van der Waals surface area contributed by atoms with E-state index in [1.807, 2.05) is 45.0 Å². The van der Waals surface area contributed by atoms with E-state index in [1.165, 1.54) is 0 Å². The Kier molecular flexibility index (Phi) is 4.21. The molecule has 4 heteroatoms. The number of carbonyl (C=O) groups is 1. The van der Waals surface area contributed by atoms with Crippen molar-refractivity contribution in [1.82, 2.24) is 5.32 Å². The van der Waals surface area contributed by atoms with E-state index in [2.05, 4.69) is 5.32 Å². The Hall–Kier alpha value is -1.71. The molecule has 1 atom stereocenters. The van der Waals surface area contributed by atoms with Crippen molar-refractivity contribution in [2.24, 2.45) is 5.92 Å². The molecule has 0 aliphatic heterocycles. The maximum absolute atomic E-state index is 11.9. The topological polar surface area (TPSA) is 47.6 Å². The fourth-order valence-corrected chi connectivity index (χ4v) is 2.15. The van der Waals surface area contributed by atoms with Crippen LogP contribution in [0.25, 0.3) is 0 Å². The molecule has 1 N–H and O–H groups in total. The third-order valence-corrected chi connectivity index (χ3v) is 3.24. The monoisotopic (exact) mass is 277 g/mol. The fourth-order valence-electron chi connectivity index (χ4n) is 2.15. The molecule has 1 aromatic carbocycles. The molecular weight excluding hydrogens is 254 g/mol. The van der Waals surface area contributed by atoms with Gasteiger partial charge in [0.2, 0.25) is 0 Å². The van der Waals surface area contributed by atoms with E-state index in [0.29, 0.717) is 5.92 Å². The number of rotatable bonds is 4. The van der Waals surface area contributed by atoms with Gasteiger partial charge in [0.1, 0.15) is 11.4 Å². The summed E-state index contributed by atoms with van der Waals surface area (Å²) in [4.78, 5) is 11.9. The van der Waals surface area contributed by atoms with Crippen molar-refractivity contribution >= 4 is 6.09 Å². The Morgan fingerprint density at radius 2 is 1.85 bits per heavy atom. The van der Waals surface area contributed by atoms with Crippen LogP contribution >= 0.6 is 0 Å². The average molecular weight is 277 g/mol. The first kappa shape index (κ1) is 14.7. The minimum absolute atomic E-state index is 0.0238. The number of amides is 1. The minimum Gasteiger partial charge on any atom is -0.497 e. The molecule has 2 rings (SSSR count). The zero-order chi connectivity index (χ0) is 14.8. The summed E-state index contributed by atoms with van der Waals surface area (Å²) in [7, 11) is 1.65. The van der Waals surface area contributed by atoms with Gasteiger partial charge in [0.15, 0.2) is 0 Å². The van der Waals surface area contributed by atoms with Crippen LogP contribution in [-0.2, 0) is 4.74 Å². The first-order chi connectivity index (χ1) is 9.39. The lowest BCUT2D eigenvalue weighted by molar-refractivity contribution is 0.0497. The van der Waals surface area contributed by atoms with E-state index in [4.69, 9.17) is 9.47 Å². The van der Waals surface area contributed by atoms with Crippen LogP contribution in [0.15, 0.2) is 24.3 Å². The van der Waals surface area contributed by atoms with E-state index < -0.39 is 5.60 Å². The van der Waals surface area contributed by atoms with Crippen LogP contribution in [-0.4, -0.2) is 18.8 Å². The lowest BCUT2D eigenvalue weighted by atomic mass is 10.0. The second kappa shape index (κ2) is 5.73. The number of alkyl carbamates (subject to hydrolysis) is 1. The van der Waals surface area contributed by atoms with Crippen LogP contribution in [0.1, 0.15) is 45.2 Å². The smallest absolute Gasteiger partial charge is 0.408 e. The number of ether oxygens (including phenoxy) is 2. The largest absolute Gasteiger partial charge is 0.497 e. The number of benzene rings is 1. The van der Waals surface area contributed by atoms with Gasteiger partial charge in [-0.1, -0.05) is 12.1 Å². The molecule has 110 valence electrons. The summed E-state index contributed by atoms with van der Waals surface area (Å²) in [5.41, 5.74) is 0.622. The van der Waals surface area contributed by atoms with Crippen molar-refractivity contribution in [2.45, 2.75) is 45.3 Å². The van der Waals surface area contributed by atoms with Gasteiger partial charge in [0.05, 0.1) is 13.2 Å². The first-order valence-electron chi connectivity index (χ1n) is 7.02. The molecule has 1 unspecified atom stereocenters. The molecular formula is C16H23NO3. The molecule has 1 aliphatic carbocycles. The Bertz CT molecular complexity index is 458. The molecule has 20 heavy (non-hydrogen) atoms. The number of carbonyl (C=O) groups excluding carboxylic acids is 1. The lowest BCUT2D eigenvalue weighted by Gasteiger charge is -2.24. The number of methoxy groups -OCH3 is 1. The SMILES string of the molecule is COc1ccc(C(NC(=O)OC(C)(C)C)C2CC2)cc1. The highest BCUT2D eigenvalue weighted by Gasteiger charge is 2.34. The van der Waals surface area contributed by atoms with Gasteiger partial charge < -0.3 is 14.8 Å². The second-order valence-electron chi connectivity index (χ2n) is 6.23. The molecule has 1 aliphatic rings. The Morgan fingerprint density at radius 3 is 2.30 bits per heavy atom. The minimum atomic E-state index is -0.474. The molecule has 1 saturated carbocycles. The molecule has 1 aromatic rings. The zero-order valence-corrected chi connectivity index (χ0v) is 12.6. The van der Waals surface area contributed by atoms with Gasteiger partial charge in [0.25, 0.3) is 0 Å². The van der Waals surface area contributed by atoms with Gasteiger partial charge in [-0.25, -0.2) is 4.79 Å². The Morgan fingerprint density at radius 1 is 1.25 bits per heavy atom. The molecule has 0 radical (unpaired) electrons. The van der Waals surface area contributed by atoms with E-state index in [0.717, 1.165) is 24.2 Å². The van der Waals surface area contributed by atoms with Crippen molar-refractivity contribution < 1.29 is 14.3 Å². The Labute approximate surface area is 120 Å². The standard InChI is InChI=1S/C16H23NO3/c1-16(2,3)20-15(18)17-14(11-5-6-11)12-7-9-13(19-4)10-8-12/h7-11,14H,5-6H2,1-4H3,(H,17,18). The number of hydrogen-bond acceptors (Lipinski definition) is 3. The quantitative estimate of drug-likeness (QED) is 0.913. The summed E-state index contributed by atoms with van der Waals surface area (Å²) in [6, 6.07) is 7.86. The van der Waals surface area contributed by atoms with Crippen molar-refractivity contribution in [2.75, 3.05) is 7.11 Å². The summed E-state index contributed by atoms with van der Waals surface area (Å²) in [6.45, 7) is 5.60. The summed E-state index contributed by atoms with van der Waals surface area (Å²) in [6.07, 6.45) is 1.93. The molecule has 0 saturated heterocycles. The maximum Gasteiger partial charge on any atom is 0.408 e. The molecule has 1 amide bonds. The predicted octanol–water partition coefficient (Wildman–Crippen LogP) is 3.67. The second-order valence-corrected chi connectivity index (χ2v) is 6.23. The molecule has 1 fully saturated rings. The zero-order valence-electron chi connectivity index (χ0n) is 12.6. The molecule has 0 spiro atoms. The lowest BCUT2D eigenvalue weighted by Crippen LogP contribution is -2.35. The first-order valence-corrected chi connectivity index (χ1v) is 7.02. The average Bonchev–Trinajstić information content (AvgIpc) is 3.18. The van der Waals surface area contributed by atoms with Gasteiger partial charge in [-0.05, 0) is 57.2 Å². The van der Waals surface area contributed by atoms with Crippen LogP contribution in [0.5, 0.6) is 5.75 Å². The van der Waals surface area contributed by atoms with E-state index in [9.17, 15) is 4.79 Å². The van der Waals surface area contributed by atoms with Gasteiger partial charge in [-0.2, -0.15) is 0 Å². The van der Waals surface area contributed by atoms with Crippen LogP contribution < -0.4 is 10.1 Å². The van der Waals surface area contributed by atoms with Gasteiger partial charge in [-0.3, -0.25) is 0 Å². The predicted molar refractivity (Wildman–Crippen MR) is 77.8 cm³/mol. The highest BCUT2D eigenvalue weighted by molar-refractivity contribution is 5.68. The molecule has 0 bridgehead atoms. The van der Waals surface area contributed by atoms with Crippen LogP contribution in [0.3, 0.4) is 0 Å². The van der Waals surface area contributed by atoms with E-state index in [-0.39, 0.29) is 12.1 Å². The van der Waals surface area contributed by atoms with Crippen molar-refractivity contribution in [3.8, 4) is 5.75 Å². The maximum atomic E-state index is 11.9. The van der Waals surface area contributed by atoms with Crippen molar-refractivity contribution in [3.63, 3.8) is 0 Å². The molecule has 0 heterocycles. The third-order valence-electron chi connectivity index (χ3n) is 3.24. The van der Waals surface area contributed by atoms with Gasteiger partial charge in [0, 0.05) is 0 Å². The van der Waals surface area contributed by atoms with Crippen LogP contribution in [0.2, 0.25) is 0 Å². The molecule has 4 nitrogen and oxygen atoms in total. The fraction of sp³-hybridized carbons (Fsp3) is 0.562. The summed E-state index contributed by atoms with van der Waals surface area (Å²) in [5.74, 6) is 1.33. The summed E-state index contributed by atoms with van der Waals surface area (Å²) < 4.78 is 10.5. The highest BCUT2D eigenvalue weighted by atomic mass is 16.6. The summed E-state index contributed by atoms with van der Waals surface area (Å²) in [5, 5.41) is 2.99. The highest BCUT2D eigenvalue weighted by Crippen LogP contribution is 2.41. The third kappa shape index (κ3) is 4.15. The Balaban J connectivity index is 2.05. The van der Waals surface area contributed by atoms with Gasteiger partial charge >= 0.3 is 6.09 Å². The van der Waals surface area contributed by atoms with Crippen LogP contribution in [0.4, 0.5) is 4.79 Å². The summed E-state index contributed by atoms with van der Waals surface area (Å²) >= 11 is 0. The van der Waals surface area contributed by atoms with Crippen molar-refractivity contribution in [1.29, 1.82) is 0 Å². The van der Waals surface area contributed by atoms with E-state index >= 15 is 0 Å². The van der Waals surface area contributed by atoms with Gasteiger partial charge in [-0.15, -0.1) is 0 Å². The van der Waals surface area contributed by atoms with Crippen molar-refractivity contribution in [3.05, 3.63) is 29.8 Å². The number of hydrogen-bond donors (Lipinski definition) is 1. The van der Waals surface area contributed by atoms with E-state index in [1.54, 1.807) is 7.11 Å².